The summed E-state index contributed by atoms with van der Waals surface area (Å²) in [5, 5.41) is 20.9. The Balaban J connectivity index is 1.87. The van der Waals surface area contributed by atoms with Crippen LogP contribution >= 0.6 is 0 Å². The predicted molar refractivity (Wildman–Crippen MR) is 118 cm³/mol. The molecule has 6 N–H and O–H groups in total. The monoisotopic (exact) mass is 422 g/mol. The van der Waals surface area contributed by atoms with Gasteiger partial charge >= 0.3 is 0 Å². The summed E-state index contributed by atoms with van der Waals surface area (Å²) in [5.74, 6) is 6.94. The third-order valence-electron chi connectivity index (χ3n) is 4.02. The van der Waals surface area contributed by atoms with E-state index in [4.69, 9.17) is 9.92 Å². The Morgan fingerprint density at radius 1 is 1.17 bits per heavy atom. The van der Waals surface area contributed by atoms with E-state index in [2.05, 4.69) is 32.4 Å². The lowest BCUT2D eigenvalue weighted by atomic mass is 10.2. The van der Waals surface area contributed by atoms with Crippen LogP contribution in [0.2, 0.25) is 0 Å². The Labute approximate surface area is 175 Å². The minimum atomic E-state index is -3.26. The Morgan fingerprint density at radius 3 is 2.50 bits per heavy atom. The first-order valence-electron chi connectivity index (χ1n) is 9.10. The number of benzene rings is 2. The highest BCUT2D eigenvalue weighted by molar-refractivity contribution is 7.90. The van der Waals surface area contributed by atoms with Crippen molar-refractivity contribution in [2.45, 2.75) is 17.9 Å². The van der Waals surface area contributed by atoms with Crippen molar-refractivity contribution in [2.24, 2.45) is 5.14 Å². The fourth-order valence-electron chi connectivity index (χ4n) is 2.45. The molecular weight excluding hydrogens is 400 g/mol. The van der Waals surface area contributed by atoms with Crippen LogP contribution < -0.4 is 15.8 Å². The lowest BCUT2D eigenvalue weighted by Gasteiger charge is -2.14. The molecule has 1 unspecified atom stereocenters. The number of aliphatic hydroxyl groups excluding tert-OH is 1. The fraction of sp³-hybridized carbons (Fsp3) is 0.143. The topological polar surface area (TPSA) is 137 Å². The maximum atomic E-state index is 11.6. The molecule has 2 aromatic carbocycles. The standard InChI is InChI=1S/C21H22N6O2S/c1-15(14-28)25-20-17(8-7-16-5-3-2-4-6-16)13-24-21(27-20)26-18-9-11-19(12-10-18)30(22,23)29/h2-6,9-13,15,28H,14H2,1H3,(H3,22,23,29)(H2,24,25,26,27)/t15-/m1/s1. The number of nitrogens with one attached hydrogen (secondary N) is 3. The number of aromatic nitrogens is 2. The Bertz CT molecular complexity index is 1170. The van der Waals surface area contributed by atoms with Crippen molar-refractivity contribution in [1.82, 2.24) is 9.97 Å². The van der Waals surface area contributed by atoms with E-state index < -0.39 is 9.92 Å². The molecule has 3 aromatic rings. The van der Waals surface area contributed by atoms with Crippen LogP contribution in [-0.4, -0.2) is 31.9 Å². The molecule has 0 saturated heterocycles. The Hall–Kier alpha value is -3.45. The van der Waals surface area contributed by atoms with Crippen LogP contribution in [0.4, 0.5) is 17.5 Å². The SMILES string of the molecule is C[C@H](CO)Nc1nc(Nc2ccc(S(=N)(N)=O)cc2)ncc1C#Cc1ccccc1. The average Bonchev–Trinajstić information content (AvgIpc) is 2.73. The highest BCUT2D eigenvalue weighted by Crippen LogP contribution is 2.19. The van der Waals surface area contributed by atoms with Crippen LogP contribution in [-0.2, 0) is 9.92 Å². The molecule has 0 aliphatic heterocycles. The molecular formula is C21H22N6O2S. The number of hydrogen-bond donors (Lipinski definition) is 5. The van der Waals surface area contributed by atoms with E-state index in [1.54, 1.807) is 18.3 Å². The molecule has 2 atom stereocenters. The van der Waals surface area contributed by atoms with Gasteiger partial charge in [0.1, 0.15) is 15.7 Å². The molecule has 0 radical (unpaired) electrons. The van der Waals surface area contributed by atoms with Gasteiger partial charge in [-0.25, -0.2) is 19.1 Å². The van der Waals surface area contributed by atoms with Gasteiger partial charge in [-0.2, -0.15) is 4.98 Å². The highest BCUT2D eigenvalue weighted by Gasteiger charge is 2.10. The van der Waals surface area contributed by atoms with Crippen LogP contribution in [0.3, 0.4) is 0 Å². The highest BCUT2D eigenvalue weighted by atomic mass is 32.2. The quantitative estimate of drug-likeness (QED) is 0.387. The summed E-state index contributed by atoms with van der Waals surface area (Å²) in [6.07, 6.45) is 1.60. The number of hydrogen-bond acceptors (Lipinski definition) is 7. The summed E-state index contributed by atoms with van der Waals surface area (Å²) in [6.45, 7) is 1.76. The normalized spacial score (nSPS) is 13.4. The van der Waals surface area contributed by atoms with Crippen LogP contribution in [0, 0.1) is 16.6 Å². The molecule has 8 nitrogen and oxygen atoms in total. The average molecular weight is 423 g/mol. The first-order chi connectivity index (χ1) is 14.3. The van der Waals surface area contributed by atoms with Gasteiger partial charge in [-0.1, -0.05) is 30.0 Å². The second kappa shape index (κ2) is 9.37. The fourth-order valence-corrected chi connectivity index (χ4v) is 2.99. The molecule has 0 spiro atoms. The van der Waals surface area contributed by atoms with E-state index in [9.17, 15) is 9.32 Å². The number of anilines is 3. The first-order valence-corrected chi connectivity index (χ1v) is 10.7. The summed E-state index contributed by atoms with van der Waals surface area (Å²) in [5.41, 5.74) is 2.11. The molecule has 1 aromatic heterocycles. The van der Waals surface area contributed by atoms with E-state index in [1.165, 1.54) is 12.1 Å². The van der Waals surface area contributed by atoms with E-state index in [-0.39, 0.29) is 17.5 Å². The van der Waals surface area contributed by atoms with Crippen molar-refractivity contribution in [1.29, 1.82) is 4.78 Å². The van der Waals surface area contributed by atoms with Gasteiger partial charge in [0.25, 0.3) is 0 Å². The predicted octanol–water partition coefficient (Wildman–Crippen LogP) is 2.69. The molecule has 0 saturated carbocycles. The van der Waals surface area contributed by atoms with Gasteiger partial charge < -0.3 is 15.7 Å². The molecule has 9 heteroatoms. The molecule has 0 bridgehead atoms. The van der Waals surface area contributed by atoms with E-state index in [1.807, 2.05) is 37.3 Å². The summed E-state index contributed by atoms with van der Waals surface area (Å²) in [7, 11) is -3.26. The van der Waals surface area contributed by atoms with Crippen LogP contribution in [0.5, 0.6) is 0 Å². The zero-order valence-electron chi connectivity index (χ0n) is 16.3. The minimum Gasteiger partial charge on any atom is -0.394 e. The molecule has 1 heterocycles. The zero-order chi connectivity index (χ0) is 21.6. The van der Waals surface area contributed by atoms with Crippen LogP contribution in [0.15, 0.2) is 65.7 Å². The molecule has 0 aliphatic rings. The van der Waals surface area contributed by atoms with E-state index in [0.29, 0.717) is 23.0 Å². The Kier molecular flexibility index (Phi) is 6.64. The number of rotatable bonds is 6. The van der Waals surface area contributed by atoms with Crippen molar-refractivity contribution in [2.75, 3.05) is 17.2 Å². The van der Waals surface area contributed by atoms with Gasteiger partial charge in [0.2, 0.25) is 5.95 Å². The lowest BCUT2D eigenvalue weighted by molar-refractivity contribution is 0.281. The van der Waals surface area contributed by atoms with Gasteiger partial charge in [0, 0.05) is 17.3 Å². The van der Waals surface area contributed by atoms with Crippen LogP contribution in [0.25, 0.3) is 0 Å². The Morgan fingerprint density at radius 2 is 1.87 bits per heavy atom. The van der Waals surface area contributed by atoms with E-state index >= 15 is 0 Å². The minimum absolute atomic E-state index is 0.0642. The summed E-state index contributed by atoms with van der Waals surface area (Å²) < 4.78 is 19.0. The molecule has 30 heavy (non-hydrogen) atoms. The smallest absolute Gasteiger partial charge is 0.229 e. The second-order valence-electron chi connectivity index (χ2n) is 6.55. The van der Waals surface area contributed by atoms with Gasteiger partial charge in [0.15, 0.2) is 0 Å². The molecule has 0 fully saturated rings. The zero-order valence-corrected chi connectivity index (χ0v) is 17.1. The van der Waals surface area contributed by atoms with Gasteiger partial charge in [-0.3, -0.25) is 0 Å². The van der Waals surface area contributed by atoms with Crippen molar-refractivity contribution < 1.29 is 9.32 Å². The molecule has 154 valence electrons. The third-order valence-corrected chi connectivity index (χ3v) is 4.99. The summed E-state index contributed by atoms with van der Waals surface area (Å²) in [4.78, 5) is 9.02. The van der Waals surface area contributed by atoms with Crippen molar-refractivity contribution in [3.8, 4) is 11.8 Å². The summed E-state index contributed by atoms with van der Waals surface area (Å²) >= 11 is 0. The van der Waals surface area contributed by atoms with Gasteiger partial charge in [-0.15, -0.1) is 0 Å². The molecule has 0 aliphatic carbocycles. The largest absolute Gasteiger partial charge is 0.394 e. The van der Waals surface area contributed by atoms with Gasteiger partial charge in [0.05, 0.1) is 23.3 Å². The third kappa shape index (κ3) is 5.78. The maximum absolute atomic E-state index is 11.6. The lowest BCUT2D eigenvalue weighted by Crippen LogP contribution is -2.21. The molecule has 3 rings (SSSR count). The van der Waals surface area contributed by atoms with Crippen molar-refractivity contribution in [3.05, 3.63) is 71.9 Å². The van der Waals surface area contributed by atoms with Crippen molar-refractivity contribution in [3.63, 3.8) is 0 Å². The molecule has 0 amide bonds. The van der Waals surface area contributed by atoms with E-state index in [0.717, 1.165) is 5.56 Å². The van der Waals surface area contributed by atoms with Gasteiger partial charge in [-0.05, 0) is 43.3 Å². The second-order valence-corrected chi connectivity index (χ2v) is 8.22. The number of nitrogens with two attached hydrogens (primary N) is 1. The maximum Gasteiger partial charge on any atom is 0.229 e. The number of aliphatic hydroxyl groups is 1. The number of nitrogens with zero attached hydrogens (tertiary/aromatic N) is 2. The van der Waals surface area contributed by atoms with Crippen LogP contribution in [0.1, 0.15) is 18.1 Å². The van der Waals surface area contributed by atoms with Crippen molar-refractivity contribution >= 4 is 27.4 Å². The first kappa shape index (κ1) is 21.3. The summed E-state index contributed by atoms with van der Waals surface area (Å²) in [6, 6.07) is 15.7.